The van der Waals surface area contributed by atoms with Gasteiger partial charge in [0.2, 0.25) is 0 Å². The summed E-state index contributed by atoms with van der Waals surface area (Å²) in [5, 5.41) is 6.66. The van der Waals surface area contributed by atoms with Gasteiger partial charge in [-0.2, -0.15) is 0 Å². The quantitative estimate of drug-likeness (QED) is 0.812. The maximum Gasteiger partial charge on any atom is 0.161 e. The second-order valence-corrected chi connectivity index (χ2v) is 6.00. The van der Waals surface area contributed by atoms with Gasteiger partial charge < -0.3 is 14.8 Å². The van der Waals surface area contributed by atoms with E-state index < -0.39 is 0 Å². The molecule has 2 aromatic rings. The molecule has 1 aromatic heterocycles. The van der Waals surface area contributed by atoms with Crippen molar-refractivity contribution in [2.24, 2.45) is 0 Å². The number of hydrogen-bond donors (Lipinski definition) is 1. The molecule has 1 aromatic carbocycles. The normalized spacial score (nSPS) is 14.1. The van der Waals surface area contributed by atoms with Gasteiger partial charge in [0.05, 0.1) is 12.3 Å². The van der Waals surface area contributed by atoms with Crippen LogP contribution in [0.15, 0.2) is 29.6 Å². The first kappa shape index (κ1) is 14.4. The van der Waals surface area contributed by atoms with Crippen molar-refractivity contribution in [1.82, 2.24) is 10.3 Å². The first-order chi connectivity index (χ1) is 10.3. The molecule has 4 nitrogen and oxygen atoms in total. The fourth-order valence-corrected chi connectivity index (χ4v) is 2.74. The van der Waals surface area contributed by atoms with Crippen LogP contribution in [-0.4, -0.2) is 17.6 Å². The molecule has 0 radical (unpaired) electrons. The molecule has 1 fully saturated rings. The predicted octanol–water partition coefficient (Wildman–Crippen LogP) is 3.37. The Labute approximate surface area is 129 Å². The van der Waals surface area contributed by atoms with E-state index in [0.717, 1.165) is 28.7 Å². The second-order valence-electron chi connectivity index (χ2n) is 5.06. The Morgan fingerprint density at radius 1 is 1.24 bits per heavy atom. The smallest absolute Gasteiger partial charge is 0.161 e. The largest absolute Gasteiger partial charge is 0.490 e. The minimum Gasteiger partial charge on any atom is -0.490 e. The number of nitrogens with zero attached hydrogens (tertiary/aromatic N) is 1. The molecule has 1 heterocycles. The highest BCUT2D eigenvalue weighted by Gasteiger charge is 2.20. The fourth-order valence-electron chi connectivity index (χ4n) is 2.01. The highest BCUT2D eigenvalue weighted by molar-refractivity contribution is 7.09. The summed E-state index contributed by atoms with van der Waals surface area (Å²) in [6.45, 7) is 3.94. The molecule has 5 heteroatoms. The SMILES string of the molecule is CCOc1ccccc1OCc1csc(CNC2CC2)n1. The highest BCUT2D eigenvalue weighted by Crippen LogP contribution is 2.27. The lowest BCUT2D eigenvalue weighted by Crippen LogP contribution is -2.15. The van der Waals surface area contributed by atoms with Gasteiger partial charge in [-0.15, -0.1) is 11.3 Å². The molecule has 1 saturated carbocycles. The first-order valence-electron chi connectivity index (χ1n) is 7.36. The zero-order chi connectivity index (χ0) is 14.5. The first-order valence-corrected chi connectivity index (χ1v) is 8.24. The van der Waals surface area contributed by atoms with Crippen LogP contribution in [0.4, 0.5) is 0 Å². The van der Waals surface area contributed by atoms with Crippen molar-refractivity contribution >= 4 is 11.3 Å². The summed E-state index contributed by atoms with van der Waals surface area (Å²) >= 11 is 1.68. The van der Waals surface area contributed by atoms with E-state index in [2.05, 4.69) is 15.7 Å². The van der Waals surface area contributed by atoms with E-state index in [4.69, 9.17) is 9.47 Å². The van der Waals surface area contributed by atoms with Crippen LogP contribution in [0.5, 0.6) is 11.5 Å². The van der Waals surface area contributed by atoms with Crippen LogP contribution in [0, 0.1) is 0 Å². The van der Waals surface area contributed by atoms with E-state index in [9.17, 15) is 0 Å². The third-order valence-electron chi connectivity index (χ3n) is 3.24. The Bertz CT molecular complexity index is 581. The zero-order valence-corrected chi connectivity index (χ0v) is 13.0. The maximum absolute atomic E-state index is 5.83. The number of para-hydroxylation sites is 2. The Hall–Kier alpha value is -1.59. The molecule has 0 spiro atoms. The Kier molecular flexibility index (Phi) is 4.72. The minimum atomic E-state index is 0.476. The summed E-state index contributed by atoms with van der Waals surface area (Å²) in [6.07, 6.45) is 2.60. The monoisotopic (exact) mass is 304 g/mol. The molecule has 112 valence electrons. The average Bonchev–Trinajstić information content (AvgIpc) is 3.23. The van der Waals surface area contributed by atoms with Crippen LogP contribution in [0.1, 0.15) is 30.5 Å². The van der Waals surface area contributed by atoms with Crippen molar-refractivity contribution in [1.29, 1.82) is 0 Å². The van der Waals surface area contributed by atoms with Gasteiger partial charge in [0.15, 0.2) is 11.5 Å². The summed E-state index contributed by atoms with van der Waals surface area (Å²) in [5.41, 5.74) is 0.971. The number of hydrogen-bond acceptors (Lipinski definition) is 5. The molecule has 0 unspecified atom stereocenters. The Morgan fingerprint density at radius 2 is 2.00 bits per heavy atom. The lowest BCUT2D eigenvalue weighted by Gasteiger charge is -2.10. The number of ether oxygens (including phenoxy) is 2. The van der Waals surface area contributed by atoms with Gasteiger partial charge in [0.25, 0.3) is 0 Å². The minimum absolute atomic E-state index is 0.476. The third-order valence-corrected chi connectivity index (χ3v) is 4.14. The van der Waals surface area contributed by atoms with Crippen molar-refractivity contribution in [3.8, 4) is 11.5 Å². The van der Waals surface area contributed by atoms with E-state index in [1.54, 1.807) is 11.3 Å². The lowest BCUT2D eigenvalue weighted by atomic mass is 10.3. The summed E-state index contributed by atoms with van der Waals surface area (Å²) in [6, 6.07) is 8.45. The van der Waals surface area contributed by atoms with Crippen LogP contribution >= 0.6 is 11.3 Å². The van der Waals surface area contributed by atoms with Gasteiger partial charge in [0.1, 0.15) is 11.6 Å². The van der Waals surface area contributed by atoms with E-state index >= 15 is 0 Å². The van der Waals surface area contributed by atoms with E-state index in [1.807, 2.05) is 31.2 Å². The van der Waals surface area contributed by atoms with Crippen molar-refractivity contribution in [3.05, 3.63) is 40.3 Å². The van der Waals surface area contributed by atoms with Gasteiger partial charge in [-0.25, -0.2) is 4.98 Å². The standard InChI is InChI=1S/C16H20N2O2S/c1-2-19-14-5-3-4-6-15(14)20-10-13-11-21-16(18-13)9-17-12-7-8-12/h3-6,11-12,17H,2,7-10H2,1H3. The summed E-state index contributed by atoms with van der Waals surface area (Å²) in [7, 11) is 0. The van der Waals surface area contributed by atoms with Gasteiger partial charge >= 0.3 is 0 Å². The van der Waals surface area contributed by atoms with Crippen molar-refractivity contribution in [3.63, 3.8) is 0 Å². The molecule has 0 bridgehead atoms. The number of rotatable bonds is 8. The van der Waals surface area contributed by atoms with Crippen LogP contribution in [0.3, 0.4) is 0 Å². The molecule has 0 saturated heterocycles. The number of thiazole rings is 1. The van der Waals surface area contributed by atoms with Crippen LogP contribution in [0.25, 0.3) is 0 Å². The topological polar surface area (TPSA) is 43.4 Å². The number of benzene rings is 1. The third kappa shape index (κ3) is 4.19. The van der Waals surface area contributed by atoms with Crippen molar-refractivity contribution < 1.29 is 9.47 Å². The molecule has 1 aliphatic carbocycles. The van der Waals surface area contributed by atoms with Crippen molar-refractivity contribution in [2.45, 2.75) is 39.0 Å². The van der Waals surface area contributed by atoms with Gasteiger partial charge in [-0.3, -0.25) is 0 Å². The Morgan fingerprint density at radius 3 is 2.71 bits per heavy atom. The number of aromatic nitrogens is 1. The molecule has 3 rings (SSSR count). The molecule has 0 amide bonds. The molecular weight excluding hydrogens is 284 g/mol. The predicted molar refractivity (Wildman–Crippen MR) is 83.9 cm³/mol. The molecule has 1 aliphatic rings. The Balaban J connectivity index is 1.54. The second kappa shape index (κ2) is 6.91. The van der Waals surface area contributed by atoms with Gasteiger partial charge in [-0.05, 0) is 31.9 Å². The molecular formula is C16H20N2O2S. The average molecular weight is 304 g/mol. The highest BCUT2D eigenvalue weighted by atomic mass is 32.1. The van der Waals surface area contributed by atoms with Crippen LogP contribution in [-0.2, 0) is 13.2 Å². The fraction of sp³-hybridized carbons (Fsp3) is 0.438. The molecule has 0 atom stereocenters. The summed E-state index contributed by atoms with van der Waals surface area (Å²) in [4.78, 5) is 4.59. The summed E-state index contributed by atoms with van der Waals surface area (Å²) in [5.74, 6) is 1.55. The molecule has 0 aliphatic heterocycles. The van der Waals surface area contributed by atoms with E-state index in [1.165, 1.54) is 12.8 Å². The van der Waals surface area contributed by atoms with Gasteiger partial charge in [-0.1, -0.05) is 12.1 Å². The van der Waals surface area contributed by atoms with E-state index in [0.29, 0.717) is 19.3 Å². The molecule has 21 heavy (non-hydrogen) atoms. The lowest BCUT2D eigenvalue weighted by molar-refractivity contribution is 0.267. The van der Waals surface area contributed by atoms with Gasteiger partial charge in [0, 0.05) is 18.0 Å². The maximum atomic E-state index is 5.83. The van der Waals surface area contributed by atoms with Crippen LogP contribution < -0.4 is 14.8 Å². The van der Waals surface area contributed by atoms with E-state index in [-0.39, 0.29) is 0 Å². The summed E-state index contributed by atoms with van der Waals surface area (Å²) < 4.78 is 11.4. The van der Waals surface area contributed by atoms with Crippen molar-refractivity contribution in [2.75, 3.05) is 6.61 Å². The number of nitrogens with one attached hydrogen (secondary N) is 1. The molecule has 1 N–H and O–H groups in total. The van der Waals surface area contributed by atoms with Crippen LogP contribution in [0.2, 0.25) is 0 Å². The zero-order valence-electron chi connectivity index (χ0n) is 12.2.